The van der Waals surface area contributed by atoms with E-state index < -0.39 is 0 Å². The third-order valence-corrected chi connectivity index (χ3v) is 2.87. The predicted molar refractivity (Wildman–Crippen MR) is 79.9 cm³/mol. The first-order valence-electron chi connectivity index (χ1n) is 6.87. The molecular weight excluding hydrogens is 240 g/mol. The molecule has 0 fully saturated rings. The largest absolute Gasteiger partial charge is 0.495 e. The first-order chi connectivity index (χ1) is 9.17. The van der Waals surface area contributed by atoms with Crippen LogP contribution in [0.1, 0.15) is 39.5 Å². The van der Waals surface area contributed by atoms with Crippen molar-refractivity contribution in [3.05, 3.63) is 18.2 Å². The van der Waals surface area contributed by atoms with Gasteiger partial charge in [-0.3, -0.25) is 4.79 Å². The second-order valence-corrected chi connectivity index (χ2v) is 4.58. The summed E-state index contributed by atoms with van der Waals surface area (Å²) in [4.78, 5) is 11.0. The second-order valence-electron chi connectivity index (χ2n) is 4.58. The van der Waals surface area contributed by atoms with Gasteiger partial charge in [0.2, 0.25) is 5.91 Å². The number of unbranched alkanes of at least 4 members (excludes halogenated alkanes) is 3. The lowest BCUT2D eigenvalue weighted by molar-refractivity contribution is -0.114. The summed E-state index contributed by atoms with van der Waals surface area (Å²) in [6.07, 6.45) is 4.88. The van der Waals surface area contributed by atoms with Crippen LogP contribution in [0.4, 0.5) is 11.4 Å². The number of methoxy groups -OCH3 is 1. The fourth-order valence-corrected chi connectivity index (χ4v) is 1.90. The van der Waals surface area contributed by atoms with Crippen LogP contribution in [0, 0.1) is 0 Å². The van der Waals surface area contributed by atoms with Crippen molar-refractivity contribution in [2.24, 2.45) is 0 Å². The van der Waals surface area contributed by atoms with Crippen molar-refractivity contribution in [1.29, 1.82) is 0 Å². The molecule has 0 atom stereocenters. The van der Waals surface area contributed by atoms with E-state index in [9.17, 15) is 4.79 Å². The summed E-state index contributed by atoms with van der Waals surface area (Å²) in [7, 11) is 1.65. The van der Waals surface area contributed by atoms with Crippen molar-refractivity contribution >= 4 is 17.3 Å². The molecule has 1 aromatic rings. The summed E-state index contributed by atoms with van der Waals surface area (Å²) in [6.45, 7) is 4.62. The molecule has 0 aliphatic rings. The van der Waals surface area contributed by atoms with Gasteiger partial charge in [-0.05, 0) is 24.6 Å². The molecule has 0 bridgehead atoms. The Morgan fingerprint density at radius 3 is 2.68 bits per heavy atom. The van der Waals surface area contributed by atoms with Crippen LogP contribution >= 0.6 is 0 Å². The average molecular weight is 264 g/mol. The monoisotopic (exact) mass is 264 g/mol. The van der Waals surface area contributed by atoms with Gasteiger partial charge in [-0.15, -0.1) is 0 Å². The number of carbonyl (C=O) groups is 1. The van der Waals surface area contributed by atoms with Gasteiger partial charge in [0.15, 0.2) is 0 Å². The fourth-order valence-electron chi connectivity index (χ4n) is 1.90. The maximum absolute atomic E-state index is 11.0. The van der Waals surface area contributed by atoms with Crippen molar-refractivity contribution < 1.29 is 9.53 Å². The third kappa shape index (κ3) is 5.64. The molecule has 0 aliphatic carbocycles. The molecule has 106 valence electrons. The maximum Gasteiger partial charge on any atom is 0.221 e. The zero-order valence-corrected chi connectivity index (χ0v) is 12.1. The fraction of sp³-hybridized carbons (Fsp3) is 0.533. The van der Waals surface area contributed by atoms with Gasteiger partial charge in [-0.2, -0.15) is 0 Å². The SMILES string of the molecule is CCCCCCNc1cc(NC(C)=O)ccc1OC. The minimum Gasteiger partial charge on any atom is -0.495 e. The van der Waals surface area contributed by atoms with Crippen molar-refractivity contribution in [3.8, 4) is 5.75 Å². The summed E-state index contributed by atoms with van der Waals surface area (Å²) < 4.78 is 5.31. The van der Waals surface area contributed by atoms with Gasteiger partial charge in [-0.25, -0.2) is 0 Å². The van der Waals surface area contributed by atoms with Gasteiger partial charge in [0, 0.05) is 19.2 Å². The number of hydrogen-bond donors (Lipinski definition) is 2. The highest BCUT2D eigenvalue weighted by Gasteiger charge is 2.04. The van der Waals surface area contributed by atoms with Crippen LogP contribution in [-0.4, -0.2) is 19.6 Å². The van der Waals surface area contributed by atoms with E-state index in [1.165, 1.54) is 26.2 Å². The van der Waals surface area contributed by atoms with Crippen molar-refractivity contribution in [1.82, 2.24) is 0 Å². The average Bonchev–Trinajstić information content (AvgIpc) is 2.38. The molecular formula is C15H24N2O2. The number of rotatable bonds is 8. The molecule has 2 N–H and O–H groups in total. The molecule has 0 saturated carbocycles. The molecule has 0 aromatic heterocycles. The normalized spacial score (nSPS) is 10.1. The quantitative estimate of drug-likeness (QED) is 0.705. The number of anilines is 2. The van der Waals surface area contributed by atoms with E-state index in [-0.39, 0.29) is 5.91 Å². The van der Waals surface area contributed by atoms with Crippen LogP contribution in [0.15, 0.2) is 18.2 Å². The van der Waals surface area contributed by atoms with E-state index in [2.05, 4.69) is 17.6 Å². The van der Waals surface area contributed by atoms with Crippen LogP contribution in [0.2, 0.25) is 0 Å². The predicted octanol–water partition coefficient (Wildman–Crippen LogP) is 3.65. The molecule has 1 rings (SSSR count). The van der Waals surface area contributed by atoms with Gasteiger partial charge in [0.1, 0.15) is 5.75 Å². The van der Waals surface area contributed by atoms with Gasteiger partial charge in [0.05, 0.1) is 12.8 Å². The molecule has 0 spiro atoms. The lowest BCUT2D eigenvalue weighted by Gasteiger charge is -2.13. The Hall–Kier alpha value is -1.71. The number of nitrogens with one attached hydrogen (secondary N) is 2. The summed E-state index contributed by atoms with van der Waals surface area (Å²) >= 11 is 0. The van der Waals surface area contributed by atoms with E-state index in [4.69, 9.17) is 4.74 Å². The molecule has 1 amide bonds. The topological polar surface area (TPSA) is 50.4 Å². The molecule has 0 aliphatic heterocycles. The smallest absolute Gasteiger partial charge is 0.221 e. The summed E-state index contributed by atoms with van der Waals surface area (Å²) in [5, 5.41) is 6.13. The van der Waals surface area contributed by atoms with E-state index in [0.717, 1.165) is 30.1 Å². The van der Waals surface area contributed by atoms with E-state index in [1.807, 2.05) is 18.2 Å². The van der Waals surface area contributed by atoms with Gasteiger partial charge >= 0.3 is 0 Å². The van der Waals surface area contributed by atoms with Gasteiger partial charge < -0.3 is 15.4 Å². The Bertz CT molecular complexity index is 405. The van der Waals surface area contributed by atoms with Crippen LogP contribution in [0.5, 0.6) is 5.75 Å². The molecule has 19 heavy (non-hydrogen) atoms. The Labute approximate surface area is 115 Å². The second kappa shape index (κ2) is 8.40. The van der Waals surface area contributed by atoms with Crippen molar-refractivity contribution in [2.75, 3.05) is 24.3 Å². The highest BCUT2D eigenvalue weighted by molar-refractivity contribution is 5.89. The minimum absolute atomic E-state index is 0.0703. The van der Waals surface area contributed by atoms with Gasteiger partial charge in [0.25, 0.3) is 0 Å². The third-order valence-electron chi connectivity index (χ3n) is 2.87. The van der Waals surface area contributed by atoms with E-state index in [1.54, 1.807) is 7.11 Å². The Morgan fingerprint density at radius 2 is 2.05 bits per heavy atom. The van der Waals surface area contributed by atoms with Crippen LogP contribution in [0.25, 0.3) is 0 Å². The lowest BCUT2D eigenvalue weighted by Crippen LogP contribution is -2.08. The molecule has 0 unspecified atom stereocenters. The molecule has 1 aromatic carbocycles. The molecule has 0 saturated heterocycles. The molecule has 4 heteroatoms. The van der Waals surface area contributed by atoms with Crippen molar-refractivity contribution in [3.63, 3.8) is 0 Å². The number of carbonyl (C=O) groups excluding carboxylic acids is 1. The first kappa shape index (κ1) is 15.3. The zero-order valence-electron chi connectivity index (χ0n) is 12.1. The Kier molecular flexibility index (Phi) is 6.79. The summed E-state index contributed by atoms with van der Waals surface area (Å²) in [5.74, 6) is 0.726. The van der Waals surface area contributed by atoms with E-state index in [0.29, 0.717) is 0 Å². The standard InChI is InChI=1S/C15H24N2O2/c1-4-5-6-7-10-16-14-11-13(17-12(2)18)8-9-15(14)19-3/h8-9,11,16H,4-7,10H2,1-3H3,(H,17,18). The van der Waals surface area contributed by atoms with E-state index >= 15 is 0 Å². The summed E-state index contributed by atoms with van der Waals surface area (Å²) in [5.41, 5.74) is 1.70. The van der Waals surface area contributed by atoms with Crippen molar-refractivity contribution in [2.45, 2.75) is 39.5 Å². The Morgan fingerprint density at radius 1 is 1.26 bits per heavy atom. The maximum atomic E-state index is 11.0. The molecule has 0 heterocycles. The van der Waals surface area contributed by atoms with Gasteiger partial charge in [-0.1, -0.05) is 26.2 Å². The van der Waals surface area contributed by atoms with Crippen LogP contribution in [-0.2, 0) is 4.79 Å². The lowest BCUT2D eigenvalue weighted by atomic mass is 10.2. The number of amides is 1. The first-order valence-corrected chi connectivity index (χ1v) is 6.87. The molecule has 0 radical (unpaired) electrons. The zero-order chi connectivity index (χ0) is 14.1. The minimum atomic E-state index is -0.0703. The highest BCUT2D eigenvalue weighted by Crippen LogP contribution is 2.27. The molecule has 4 nitrogen and oxygen atoms in total. The van der Waals surface area contributed by atoms with Crippen LogP contribution < -0.4 is 15.4 Å². The number of hydrogen-bond acceptors (Lipinski definition) is 3. The number of ether oxygens (including phenoxy) is 1. The summed E-state index contributed by atoms with van der Waals surface area (Å²) in [6, 6.07) is 5.60. The van der Waals surface area contributed by atoms with Crippen LogP contribution in [0.3, 0.4) is 0 Å². The number of benzene rings is 1. The Balaban J connectivity index is 2.59. The highest BCUT2D eigenvalue weighted by atomic mass is 16.5.